The van der Waals surface area contributed by atoms with Gasteiger partial charge in [0.15, 0.2) is 6.10 Å². The van der Waals surface area contributed by atoms with Crippen LogP contribution in [-0.2, 0) is 14.3 Å². The van der Waals surface area contributed by atoms with E-state index in [0.717, 1.165) is 9.13 Å². The predicted molar refractivity (Wildman–Crippen MR) is 144 cm³/mol. The third kappa shape index (κ3) is 7.46. The number of para-hydroxylation sites is 2. The van der Waals surface area contributed by atoms with Crippen molar-refractivity contribution < 1.29 is 24.2 Å². The van der Waals surface area contributed by atoms with Crippen molar-refractivity contribution in [1.29, 1.82) is 0 Å². The van der Waals surface area contributed by atoms with Crippen molar-refractivity contribution in [3.63, 3.8) is 0 Å². The Balaban J connectivity index is 1.83. The number of ether oxygens (including phenoxy) is 2. The number of amides is 2. The number of nitrogens with one attached hydrogen (secondary N) is 2. The number of nitrogen functional groups attached to an aromatic ring is 1. The Morgan fingerprint density at radius 1 is 1.06 bits per heavy atom. The number of nitrogens with two attached hydrogens (primary N) is 1. The quantitative estimate of drug-likeness (QED) is 0.159. The summed E-state index contributed by atoms with van der Waals surface area (Å²) in [6.45, 7) is 1.94. The molecule has 0 unspecified atom stereocenters. The Morgan fingerprint density at radius 2 is 1.77 bits per heavy atom. The maximum atomic E-state index is 12.7. The zero-order chi connectivity index (χ0) is 25.4. The van der Waals surface area contributed by atoms with E-state index in [9.17, 15) is 14.7 Å². The molecular formula is C26H26IN3O5. The van der Waals surface area contributed by atoms with Crippen LogP contribution in [-0.4, -0.2) is 30.3 Å². The van der Waals surface area contributed by atoms with E-state index < -0.39 is 24.2 Å². The van der Waals surface area contributed by atoms with Gasteiger partial charge < -0.3 is 25.6 Å². The van der Waals surface area contributed by atoms with Crippen LogP contribution in [0.15, 0.2) is 78.9 Å². The average Bonchev–Trinajstić information content (AvgIpc) is 2.83. The fourth-order valence-electron chi connectivity index (χ4n) is 3.23. The molecule has 182 valence electrons. The van der Waals surface area contributed by atoms with E-state index in [2.05, 4.69) is 33.2 Å². The zero-order valence-corrected chi connectivity index (χ0v) is 21.4. The number of carbonyl (C=O) groups excluding carboxylic acids is 2. The standard InChI is InChI=1S/C26H26IN3O5/c1-16-7-10-18(11-8-16)29-26(33)35-25(19-15-17(27)9-12-22(19)31)23(34-2)13-14-24(32)30-21-6-4-3-5-20(21)28/h3-15,23,25,31H,28H2,1-2H3,(H,29,33)(H,30,32)/b14-13+/t23-,25-/m0/s1. The number of rotatable bonds is 8. The molecule has 0 spiro atoms. The van der Waals surface area contributed by atoms with Gasteiger partial charge in [-0.1, -0.05) is 29.8 Å². The van der Waals surface area contributed by atoms with Gasteiger partial charge in [0.25, 0.3) is 0 Å². The third-order valence-electron chi connectivity index (χ3n) is 5.05. The highest BCUT2D eigenvalue weighted by atomic mass is 127. The largest absolute Gasteiger partial charge is 0.508 e. The molecule has 3 aromatic carbocycles. The molecular weight excluding hydrogens is 561 g/mol. The van der Waals surface area contributed by atoms with Gasteiger partial charge in [-0.15, -0.1) is 0 Å². The Morgan fingerprint density at radius 3 is 2.46 bits per heavy atom. The van der Waals surface area contributed by atoms with E-state index in [1.807, 2.05) is 19.1 Å². The van der Waals surface area contributed by atoms with Gasteiger partial charge in [0, 0.05) is 28.0 Å². The van der Waals surface area contributed by atoms with Crippen LogP contribution >= 0.6 is 22.6 Å². The highest BCUT2D eigenvalue weighted by molar-refractivity contribution is 14.1. The lowest BCUT2D eigenvalue weighted by atomic mass is 10.0. The van der Waals surface area contributed by atoms with Crippen LogP contribution in [0.4, 0.5) is 21.9 Å². The molecule has 8 nitrogen and oxygen atoms in total. The first-order valence-corrected chi connectivity index (χ1v) is 11.7. The van der Waals surface area contributed by atoms with Crippen LogP contribution in [0.3, 0.4) is 0 Å². The summed E-state index contributed by atoms with van der Waals surface area (Å²) in [4.78, 5) is 25.2. The molecule has 0 aliphatic carbocycles. The molecule has 3 rings (SSSR count). The van der Waals surface area contributed by atoms with Gasteiger partial charge in [-0.2, -0.15) is 0 Å². The lowest BCUT2D eigenvalue weighted by Gasteiger charge is -2.25. The van der Waals surface area contributed by atoms with E-state index >= 15 is 0 Å². The van der Waals surface area contributed by atoms with Crippen molar-refractivity contribution in [3.8, 4) is 5.75 Å². The summed E-state index contributed by atoms with van der Waals surface area (Å²) in [5, 5.41) is 15.9. The molecule has 9 heteroatoms. The molecule has 0 radical (unpaired) electrons. The van der Waals surface area contributed by atoms with Gasteiger partial charge in [0.1, 0.15) is 11.9 Å². The second-order valence-electron chi connectivity index (χ2n) is 7.66. The molecule has 5 N–H and O–H groups in total. The molecule has 0 aliphatic heterocycles. The van der Waals surface area contributed by atoms with Crippen LogP contribution in [0.25, 0.3) is 0 Å². The fraction of sp³-hybridized carbons (Fsp3) is 0.154. The fourth-order valence-corrected chi connectivity index (χ4v) is 3.75. The summed E-state index contributed by atoms with van der Waals surface area (Å²) in [5.41, 5.74) is 8.70. The van der Waals surface area contributed by atoms with Crippen LogP contribution in [0, 0.1) is 10.5 Å². The van der Waals surface area contributed by atoms with E-state index in [4.69, 9.17) is 15.2 Å². The van der Waals surface area contributed by atoms with Gasteiger partial charge in [-0.05, 0) is 78.1 Å². The highest BCUT2D eigenvalue weighted by Crippen LogP contribution is 2.33. The average molecular weight is 587 g/mol. The van der Waals surface area contributed by atoms with Gasteiger partial charge in [-0.25, -0.2) is 4.79 Å². The first-order valence-electron chi connectivity index (χ1n) is 10.7. The highest BCUT2D eigenvalue weighted by Gasteiger charge is 2.28. The number of hydrogen-bond donors (Lipinski definition) is 4. The van der Waals surface area contributed by atoms with E-state index in [1.165, 1.54) is 25.3 Å². The molecule has 0 heterocycles. The Labute approximate surface area is 217 Å². The first kappa shape index (κ1) is 26.0. The third-order valence-corrected chi connectivity index (χ3v) is 5.73. The lowest BCUT2D eigenvalue weighted by molar-refractivity contribution is -0.112. The monoisotopic (exact) mass is 587 g/mol. The number of benzene rings is 3. The summed E-state index contributed by atoms with van der Waals surface area (Å²) in [6, 6.07) is 19.0. The van der Waals surface area contributed by atoms with Crippen molar-refractivity contribution in [2.75, 3.05) is 23.5 Å². The summed E-state index contributed by atoms with van der Waals surface area (Å²) >= 11 is 2.09. The van der Waals surface area contributed by atoms with Crippen molar-refractivity contribution in [1.82, 2.24) is 0 Å². The number of aromatic hydroxyl groups is 1. The van der Waals surface area contributed by atoms with Gasteiger partial charge in [0.2, 0.25) is 5.91 Å². The summed E-state index contributed by atoms with van der Waals surface area (Å²) in [6.07, 6.45) is 0.0408. The molecule has 0 fully saturated rings. The van der Waals surface area contributed by atoms with Gasteiger partial charge in [0.05, 0.1) is 11.4 Å². The van der Waals surface area contributed by atoms with Gasteiger partial charge in [-0.3, -0.25) is 10.1 Å². The second kappa shape index (κ2) is 12.2. The number of carbonyl (C=O) groups is 2. The number of halogens is 1. The van der Waals surface area contributed by atoms with Crippen molar-refractivity contribution in [2.45, 2.75) is 19.1 Å². The molecule has 0 aromatic heterocycles. The molecule has 0 saturated heterocycles. The molecule has 0 saturated carbocycles. The minimum absolute atomic E-state index is 0.0736. The van der Waals surface area contributed by atoms with Crippen molar-refractivity contribution in [3.05, 3.63) is 93.6 Å². The number of hydrogen-bond acceptors (Lipinski definition) is 6. The number of methoxy groups -OCH3 is 1. The smallest absolute Gasteiger partial charge is 0.412 e. The van der Waals surface area contributed by atoms with Crippen LogP contribution in [0.2, 0.25) is 0 Å². The van der Waals surface area contributed by atoms with Crippen molar-refractivity contribution in [2.24, 2.45) is 0 Å². The predicted octanol–water partition coefficient (Wildman–Crippen LogP) is 5.39. The number of anilines is 3. The molecule has 0 bridgehead atoms. The van der Waals surface area contributed by atoms with Crippen LogP contribution in [0.1, 0.15) is 17.2 Å². The van der Waals surface area contributed by atoms with Crippen LogP contribution < -0.4 is 16.4 Å². The lowest BCUT2D eigenvalue weighted by Crippen LogP contribution is -2.27. The van der Waals surface area contributed by atoms with E-state index in [1.54, 1.807) is 48.5 Å². The Kier molecular flexibility index (Phi) is 9.10. The first-order chi connectivity index (χ1) is 16.8. The van der Waals surface area contributed by atoms with Crippen LogP contribution in [0.5, 0.6) is 5.75 Å². The maximum absolute atomic E-state index is 12.7. The summed E-state index contributed by atoms with van der Waals surface area (Å²) < 4.78 is 12.0. The molecule has 0 aliphatic rings. The molecule has 35 heavy (non-hydrogen) atoms. The molecule has 2 amide bonds. The topological polar surface area (TPSA) is 123 Å². The summed E-state index contributed by atoms with van der Waals surface area (Å²) in [7, 11) is 1.42. The zero-order valence-electron chi connectivity index (χ0n) is 19.2. The second-order valence-corrected chi connectivity index (χ2v) is 8.90. The van der Waals surface area contributed by atoms with E-state index in [0.29, 0.717) is 22.6 Å². The Hall–Kier alpha value is -3.57. The number of phenolic OH excluding ortho intramolecular Hbond substituents is 1. The number of aryl methyl sites for hydroxylation is 1. The Bertz CT molecular complexity index is 1210. The van der Waals surface area contributed by atoms with E-state index in [-0.39, 0.29) is 5.75 Å². The SMILES string of the molecule is CO[C@@H](/C=C/C(=O)Nc1ccccc1N)[C@@H](OC(=O)Nc1ccc(C)cc1)c1cc(I)ccc1O. The normalized spacial score (nSPS) is 12.7. The van der Waals surface area contributed by atoms with Gasteiger partial charge >= 0.3 is 6.09 Å². The number of phenols is 1. The maximum Gasteiger partial charge on any atom is 0.412 e. The molecule has 3 aromatic rings. The molecule has 2 atom stereocenters. The summed E-state index contributed by atoms with van der Waals surface area (Å²) in [5.74, 6) is -0.518. The minimum atomic E-state index is -1.05. The minimum Gasteiger partial charge on any atom is -0.508 e. The van der Waals surface area contributed by atoms with Crippen molar-refractivity contribution >= 4 is 51.7 Å².